The maximum atomic E-state index is 14.3. The number of ether oxygens (including phenoxy) is 3. The summed E-state index contributed by atoms with van der Waals surface area (Å²) in [6, 6.07) is 23.0. The van der Waals surface area contributed by atoms with Crippen LogP contribution in [0.25, 0.3) is 0 Å². The summed E-state index contributed by atoms with van der Waals surface area (Å²) in [4.78, 5) is 2.63. The summed E-state index contributed by atoms with van der Waals surface area (Å²) in [5, 5.41) is -4.49. The summed E-state index contributed by atoms with van der Waals surface area (Å²) in [5.74, 6) is -4.54. The van der Waals surface area contributed by atoms with Crippen molar-refractivity contribution in [1.29, 1.82) is 0 Å². The molecule has 3 aromatic carbocycles. The Hall–Kier alpha value is -2.64. The van der Waals surface area contributed by atoms with Crippen LogP contribution < -0.4 is 4.74 Å². The first kappa shape index (κ1) is 30.3. The van der Waals surface area contributed by atoms with E-state index < -0.39 is 56.3 Å². The van der Waals surface area contributed by atoms with Crippen LogP contribution in [-0.2, 0) is 36.3 Å². The summed E-state index contributed by atoms with van der Waals surface area (Å²) >= 11 is 0. The highest BCUT2D eigenvalue weighted by Gasteiger charge is 2.57. The van der Waals surface area contributed by atoms with E-state index in [4.69, 9.17) is 18.8 Å². The fraction of sp³-hybridized carbons (Fsp3) is 0.357. The minimum Gasteiger partial charge on any atom is -0.483 e. The van der Waals surface area contributed by atoms with Gasteiger partial charge >= 0.3 is 15.4 Å². The first-order chi connectivity index (χ1) is 18.5. The Morgan fingerprint density at radius 1 is 0.900 bits per heavy atom. The molecule has 1 saturated heterocycles. The van der Waals surface area contributed by atoms with E-state index in [1.165, 1.54) is 26.0 Å². The molecule has 0 radical (unpaired) electrons. The second kappa shape index (κ2) is 10.6. The minimum absolute atomic E-state index is 0.00882. The van der Waals surface area contributed by atoms with Gasteiger partial charge in [0, 0.05) is 5.56 Å². The second-order valence-electron chi connectivity index (χ2n) is 9.96. The Morgan fingerprint density at radius 2 is 1.40 bits per heavy atom. The lowest BCUT2D eigenvalue weighted by Crippen LogP contribution is -2.58. The fourth-order valence-electron chi connectivity index (χ4n) is 4.13. The molecule has 0 spiro atoms. The summed E-state index contributed by atoms with van der Waals surface area (Å²) in [6.45, 7) is 4.32. The van der Waals surface area contributed by atoms with Gasteiger partial charge in [-0.25, -0.2) is 8.78 Å². The number of hydrogen-bond acceptors (Lipinski definition) is 5. The molecule has 3 unspecified atom stereocenters. The molecule has 0 amide bonds. The maximum Gasteiger partial charge on any atom is 0.405 e. The molecule has 0 bridgehead atoms. The van der Waals surface area contributed by atoms with Crippen LogP contribution in [-0.4, -0.2) is 42.5 Å². The van der Waals surface area contributed by atoms with E-state index in [1.54, 1.807) is 31.2 Å². The largest absolute Gasteiger partial charge is 0.483 e. The van der Waals surface area contributed by atoms with Gasteiger partial charge in [-0.3, -0.25) is 4.55 Å². The van der Waals surface area contributed by atoms with Crippen LogP contribution in [0.15, 0.2) is 93.5 Å². The molecule has 1 fully saturated rings. The van der Waals surface area contributed by atoms with Crippen LogP contribution in [0.5, 0.6) is 5.75 Å². The predicted molar refractivity (Wildman–Crippen MR) is 141 cm³/mol. The molecule has 216 valence electrons. The second-order valence-corrected chi connectivity index (χ2v) is 13.5. The highest BCUT2D eigenvalue weighted by Crippen LogP contribution is 2.45. The standard InChI is InChI=1S/C28H28F4O6S2/c1-19(28(31,32)40(33,34)35)37-21-12-16-24(17-13-21)39(22-8-6-5-7-9-22)23-14-10-20(11-15-23)26(4)36-18-27(29,30)25(2,3)38-26/h5-17,19H,18H2,1-4H3/p+1. The van der Waals surface area contributed by atoms with Crippen molar-refractivity contribution < 1.29 is 44.7 Å². The molecule has 0 aliphatic carbocycles. The fourth-order valence-corrected chi connectivity index (χ4v) is 6.66. The molecular formula is C28H29F4O6S2+. The van der Waals surface area contributed by atoms with E-state index in [-0.39, 0.29) is 5.75 Å². The van der Waals surface area contributed by atoms with Crippen molar-refractivity contribution in [3.8, 4) is 5.75 Å². The van der Waals surface area contributed by atoms with Crippen molar-refractivity contribution in [2.24, 2.45) is 0 Å². The third-order valence-electron chi connectivity index (χ3n) is 6.64. The zero-order chi connectivity index (χ0) is 29.6. The van der Waals surface area contributed by atoms with Gasteiger partial charge in [-0.05, 0) is 88.4 Å². The Balaban J connectivity index is 1.62. The van der Waals surface area contributed by atoms with Crippen LogP contribution in [0.2, 0.25) is 0 Å². The van der Waals surface area contributed by atoms with Crippen LogP contribution in [0, 0.1) is 0 Å². The number of alkyl halides is 4. The van der Waals surface area contributed by atoms with Gasteiger partial charge in [-0.15, -0.1) is 0 Å². The molecule has 0 aromatic heterocycles. The van der Waals surface area contributed by atoms with E-state index in [2.05, 4.69) is 0 Å². The van der Waals surface area contributed by atoms with E-state index in [0.717, 1.165) is 21.6 Å². The molecule has 6 nitrogen and oxygen atoms in total. The molecule has 3 aromatic rings. The lowest BCUT2D eigenvalue weighted by atomic mass is 9.96. The number of benzene rings is 3. The van der Waals surface area contributed by atoms with Crippen LogP contribution >= 0.6 is 0 Å². The van der Waals surface area contributed by atoms with Gasteiger partial charge in [0.1, 0.15) is 18.0 Å². The number of hydrogen-bond donors (Lipinski definition) is 1. The zero-order valence-corrected chi connectivity index (χ0v) is 23.7. The summed E-state index contributed by atoms with van der Waals surface area (Å²) < 4.78 is 104. The van der Waals surface area contributed by atoms with E-state index in [0.29, 0.717) is 5.56 Å². The minimum atomic E-state index is -5.66. The van der Waals surface area contributed by atoms with Gasteiger partial charge in [0.05, 0.1) is 10.9 Å². The Kier molecular flexibility index (Phi) is 8.07. The third-order valence-corrected chi connectivity index (χ3v) is 9.89. The first-order valence-electron chi connectivity index (χ1n) is 12.2. The molecule has 12 heteroatoms. The Bertz CT molecular complexity index is 1430. The maximum absolute atomic E-state index is 14.3. The summed E-state index contributed by atoms with van der Waals surface area (Å²) in [6.07, 6.45) is -2.14. The third kappa shape index (κ3) is 5.87. The zero-order valence-electron chi connectivity index (χ0n) is 22.1. The smallest absolute Gasteiger partial charge is 0.405 e. The average molecular weight is 602 g/mol. The van der Waals surface area contributed by atoms with Crippen LogP contribution in [0.4, 0.5) is 17.6 Å². The van der Waals surface area contributed by atoms with Gasteiger partial charge in [0.15, 0.2) is 26.6 Å². The first-order valence-corrected chi connectivity index (χ1v) is 14.9. The van der Waals surface area contributed by atoms with Crippen molar-refractivity contribution in [1.82, 2.24) is 0 Å². The molecule has 4 rings (SSSR count). The lowest BCUT2D eigenvalue weighted by Gasteiger charge is -2.47. The van der Waals surface area contributed by atoms with Crippen molar-refractivity contribution in [2.75, 3.05) is 6.61 Å². The van der Waals surface area contributed by atoms with Gasteiger partial charge in [-0.2, -0.15) is 17.2 Å². The summed E-state index contributed by atoms with van der Waals surface area (Å²) in [5.41, 5.74) is -1.17. The number of rotatable bonds is 8. The van der Waals surface area contributed by atoms with E-state index in [1.807, 2.05) is 42.5 Å². The van der Waals surface area contributed by atoms with Gasteiger partial charge < -0.3 is 14.2 Å². The molecular weight excluding hydrogens is 572 g/mol. The Labute approximate surface area is 233 Å². The van der Waals surface area contributed by atoms with Crippen molar-refractivity contribution >= 4 is 21.0 Å². The molecule has 1 N–H and O–H groups in total. The van der Waals surface area contributed by atoms with Crippen molar-refractivity contribution in [3.05, 3.63) is 84.4 Å². The summed E-state index contributed by atoms with van der Waals surface area (Å²) in [7, 11) is -6.32. The van der Waals surface area contributed by atoms with Crippen molar-refractivity contribution in [2.45, 2.75) is 71.1 Å². The SMILES string of the molecule is CC(Oc1ccc([S+](c2ccccc2)c2ccc(C3(C)OCC(F)(F)C(C)(C)O3)cc2)cc1)C(F)(F)S(=O)(=O)O. The highest BCUT2D eigenvalue weighted by molar-refractivity contribution is 7.97. The molecule has 0 saturated carbocycles. The monoisotopic (exact) mass is 601 g/mol. The number of halogens is 4. The lowest BCUT2D eigenvalue weighted by molar-refractivity contribution is -0.390. The Morgan fingerprint density at radius 3 is 1.90 bits per heavy atom. The van der Waals surface area contributed by atoms with Gasteiger partial charge in [0.25, 0.3) is 5.92 Å². The van der Waals surface area contributed by atoms with Crippen LogP contribution in [0.3, 0.4) is 0 Å². The normalized spacial score (nSPS) is 22.3. The topological polar surface area (TPSA) is 82.1 Å². The highest BCUT2D eigenvalue weighted by atomic mass is 32.2. The molecule has 1 aliphatic heterocycles. The molecule has 40 heavy (non-hydrogen) atoms. The molecule has 3 atom stereocenters. The predicted octanol–water partition coefficient (Wildman–Crippen LogP) is 6.66. The molecule has 1 heterocycles. The van der Waals surface area contributed by atoms with E-state index in [9.17, 15) is 26.0 Å². The van der Waals surface area contributed by atoms with Gasteiger partial charge in [-0.1, -0.05) is 18.2 Å². The van der Waals surface area contributed by atoms with Crippen LogP contribution in [0.1, 0.15) is 33.3 Å². The van der Waals surface area contributed by atoms with Gasteiger partial charge in [0.2, 0.25) is 0 Å². The molecule has 1 aliphatic rings. The average Bonchev–Trinajstić information content (AvgIpc) is 2.88. The quantitative estimate of drug-likeness (QED) is 0.177. The van der Waals surface area contributed by atoms with E-state index >= 15 is 0 Å². The van der Waals surface area contributed by atoms with Crippen molar-refractivity contribution in [3.63, 3.8) is 0 Å².